The minimum Gasteiger partial charge on any atom is -0.477 e. The highest BCUT2D eigenvalue weighted by atomic mass is 32.2. The summed E-state index contributed by atoms with van der Waals surface area (Å²) in [7, 11) is -3.53. The van der Waals surface area contributed by atoms with Gasteiger partial charge in [0.25, 0.3) is 16.1 Å². The largest absolute Gasteiger partial charge is 0.477 e. The molecule has 9 nitrogen and oxygen atoms in total. The molecule has 1 amide bonds. The van der Waals surface area contributed by atoms with Crippen LogP contribution in [0.25, 0.3) is 0 Å². The average molecular weight is 389 g/mol. The molecule has 2 aliphatic rings. The molecule has 0 radical (unpaired) electrons. The summed E-state index contributed by atoms with van der Waals surface area (Å²) in [5, 5.41) is 8.94. The first-order valence-corrected chi connectivity index (χ1v) is 10.1. The summed E-state index contributed by atoms with van der Waals surface area (Å²) in [6.45, 7) is 2.48. The maximum absolute atomic E-state index is 12.6. The molecule has 25 heavy (non-hydrogen) atoms. The van der Waals surface area contributed by atoms with Crippen molar-refractivity contribution in [3.8, 4) is 0 Å². The van der Waals surface area contributed by atoms with Crippen LogP contribution in [0.1, 0.15) is 19.3 Å². The van der Waals surface area contributed by atoms with Crippen molar-refractivity contribution in [3.05, 3.63) is 21.9 Å². The van der Waals surface area contributed by atoms with Crippen LogP contribution in [-0.2, 0) is 14.9 Å². The smallest absolute Gasteiger partial charge is 0.345 e. The number of ether oxygens (including phenoxy) is 1. The Morgan fingerprint density at radius 1 is 0.960 bits per heavy atom. The number of hydrogen-bond acceptors (Lipinski definition) is 6. The van der Waals surface area contributed by atoms with Gasteiger partial charge in [-0.25, -0.2) is 4.79 Å². The Morgan fingerprint density at radius 2 is 1.52 bits per heavy atom. The third-order valence-corrected chi connectivity index (χ3v) is 7.27. The van der Waals surface area contributed by atoms with E-state index >= 15 is 0 Å². The zero-order valence-corrected chi connectivity index (χ0v) is 15.1. The molecule has 3 heterocycles. The quantitative estimate of drug-likeness (QED) is 0.763. The van der Waals surface area contributed by atoms with Gasteiger partial charge in [0, 0.05) is 39.3 Å². The van der Waals surface area contributed by atoms with Gasteiger partial charge in [0.15, 0.2) is 0 Å². The van der Waals surface area contributed by atoms with Crippen LogP contribution in [0, 0.1) is 0 Å². The fourth-order valence-electron chi connectivity index (χ4n) is 2.79. The number of amides is 1. The van der Waals surface area contributed by atoms with E-state index in [1.807, 2.05) is 0 Å². The summed E-state index contributed by atoms with van der Waals surface area (Å²) in [5.74, 6) is -1.33. The molecule has 2 saturated heterocycles. The van der Waals surface area contributed by atoms with Crippen molar-refractivity contribution in [1.82, 2.24) is 13.5 Å². The number of rotatable bonds is 4. The second-order valence-corrected chi connectivity index (χ2v) is 8.69. The number of carboxylic acid groups (broad SMARTS) is 1. The first kappa shape index (κ1) is 18.3. The van der Waals surface area contributed by atoms with Crippen molar-refractivity contribution in [3.63, 3.8) is 0 Å². The lowest BCUT2D eigenvalue weighted by molar-refractivity contribution is 0.0638. The lowest BCUT2D eigenvalue weighted by atomic mass is 10.3. The van der Waals surface area contributed by atoms with Crippen molar-refractivity contribution in [2.24, 2.45) is 0 Å². The van der Waals surface area contributed by atoms with E-state index < -0.39 is 16.2 Å². The Bertz CT molecular complexity index is 748. The first-order chi connectivity index (χ1) is 11.9. The Kier molecular flexibility index (Phi) is 5.39. The maximum Gasteiger partial charge on any atom is 0.345 e. The number of carboxylic acids is 1. The number of nitrogens with zero attached hydrogens (tertiary/aromatic N) is 3. The monoisotopic (exact) mass is 389 g/mol. The van der Waals surface area contributed by atoms with Crippen LogP contribution >= 0.6 is 11.3 Å². The average Bonchev–Trinajstić information content (AvgIpc) is 3.12. The number of piperazine rings is 1. The van der Waals surface area contributed by atoms with E-state index in [1.165, 1.54) is 20.7 Å². The summed E-state index contributed by atoms with van der Waals surface area (Å²) in [6, 6.07) is 2.90. The number of carbonyl (C=O) groups excluding carboxylic acids is 1. The molecule has 1 aromatic heterocycles. The lowest BCUT2D eigenvalue weighted by Gasteiger charge is -2.37. The van der Waals surface area contributed by atoms with Crippen LogP contribution in [0.3, 0.4) is 0 Å². The van der Waals surface area contributed by atoms with E-state index in [1.54, 1.807) is 4.90 Å². The second kappa shape index (κ2) is 7.38. The van der Waals surface area contributed by atoms with E-state index in [0.717, 1.165) is 11.3 Å². The zero-order chi connectivity index (χ0) is 18.0. The third-order valence-electron chi connectivity index (χ3n) is 4.18. The van der Waals surface area contributed by atoms with Gasteiger partial charge < -0.3 is 14.7 Å². The highest BCUT2D eigenvalue weighted by molar-refractivity contribution is 7.86. The zero-order valence-electron chi connectivity index (χ0n) is 13.5. The Hall–Kier alpha value is -1.53. The standard InChI is InChI=1S/C14H19N3O6S2/c18-13(11-1-2-12(24-11)14(19)20)15-3-5-16(6-4-15)25(21,22)17-7-9-23-10-8-17/h1-2H,3-10H2,(H,19,20). The molecule has 11 heteroatoms. The van der Waals surface area contributed by atoms with Gasteiger partial charge in [-0.15, -0.1) is 11.3 Å². The predicted octanol–water partition coefficient (Wildman–Crippen LogP) is -0.219. The van der Waals surface area contributed by atoms with E-state index in [2.05, 4.69) is 0 Å². The predicted molar refractivity (Wildman–Crippen MR) is 90.1 cm³/mol. The van der Waals surface area contributed by atoms with Crippen LogP contribution in [0.2, 0.25) is 0 Å². The molecule has 1 N–H and O–H groups in total. The van der Waals surface area contributed by atoms with Crippen LogP contribution in [0.4, 0.5) is 0 Å². The summed E-state index contributed by atoms with van der Waals surface area (Å²) < 4.78 is 33.2. The number of thiophene rings is 1. The molecule has 1 aromatic rings. The molecule has 0 unspecified atom stereocenters. The number of carbonyl (C=O) groups is 2. The van der Waals surface area contributed by atoms with E-state index in [0.29, 0.717) is 31.2 Å². The van der Waals surface area contributed by atoms with Gasteiger partial charge >= 0.3 is 5.97 Å². The fourth-order valence-corrected chi connectivity index (χ4v) is 5.16. The van der Waals surface area contributed by atoms with Crippen LogP contribution in [-0.4, -0.2) is 91.4 Å². The summed E-state index contributed by atoms with van der Waals surface area (Å²) in [5.41, 5.74) is 0. The second-order valence-electron chi connectivity index (χ2n) is 5.68. The third kappa shape index (κ3) is 3.85. The molecule has 0 atom stereocenters. The van der Waals surface area contributed by atoms with Gasteiger partial charge in [-0.1, -0.05) is 0 Å². The SMILES string of the molecule is O=C(O)c1ccc(C(=O)N2CCN(S(=O)(=O)N3CCOCC3)CC2)s1. The van der Waals surface area contributed by atoms with E-state index in [9.17, 15) is 18.0 Å². The van der Waals surface area contributed by atoms with E-state index in [4.69, 9.17) is 9.84 Å². The van der Waals surface area contributed by atoms with Gasteiger partial charge in [0.1, 0.15) is 4.88 Å². The minimum absolute atomic E-state index is 0.108. The van der Waals surface area contributed by atoms with Crippen molar-refractivity contribution >= 4 is 33.4 Å². The lowest BCUT2D eigenvalue weighted by Crippen LogP contribution is -2.55. The molecule has 0 aromatic carbocycles. The molecule has 0 saturated carbocycles. The first-order valence-electron chi connectivity index (χ1n) is 7.85. The molecule has 2 fully saturated rings. The van der Waals surface area contributed by atoms with Crippen molar-refractivity contribution in [2.45, 2.75) is 0 Å². The molecular weight excluding hydrogens is 370 g/mol. The number of morpholine rings is 1. The molecule has 0 aliphatic carbocycles. The number of aromatic carboxylic acids is 1. The van der Waals surface area contributed by atoms with Gasteiger partial charge in [0.05, 0.1) is 18.1 Å². The van der Waals surface area contributed by atoms with Gasteiger partial charge in [-0.2, -0.15) is 17.0 Å². The Morgan fingerprint density at radius 3 is 2.08 bits per heavy atom. The van der Waals surface area contributed by atoms with Gasteiger partial charge in [0.2, 0.25) is 0 Å². The van der Waals surface area contributed by atoms with Crippen LogP contribution < -0.4 is 0 Å². The summed E-state index contributed by atoms with van der Waals surface area (Å²) >= 11 is 0.927. The highest BCUT2D eigenvalue weighted by Gasteiger charge is 2.34. The van der Waals surface area contributed by atoms with Crippen LogP contribution in [0.15, 0.2) is 12.1 Å². The van der Waals surface area contributed by atoms with Crippen molar-refractivity contribution in [1.29, 1.82) is 0 Å². The molecule has 0 bridgehead atoms. The summed E-state index contributed by atoms with van der Waals surface area (Å²) in [6.07, 6.45) is 0. The minimum atomic E-state index is -3.53. The molecule has 3 rings (SSSR count). The normalized spacial score (nSPS) is 20.6. The highest BCUT2D eigenvalue weighted by Crippen LogP contribution is 2.20. The van der Waals surface area contributed by atoms with Crippen LogP contribution in [0.5, 0.6) is 0 Å². The van der Waals surface area contributed by atoms with Gasteiger partial charge in [-0.3, -0.25) is 4.79 Å². The topological polar surface area (TPSA) is 107 Å². The van der Waals surface area contributed by atoms with Gasteiger partial charge in [-0.05, 0) is 12.1 Å². The van der Waals surface area contributed by atoms with Crippen molar-refractivity contribution < 1.29 is 27.9 Å². The summed E-state index contributed by atoms with van der Waals surface area (Å²) in [4.78, 5) is 25.4. The van der Waals surface area contributed by atoms with Crippen molar-refractivity contribution in [2.75, 3.05) is 52.5 Å². The Labute approximate surface area is 149 Å². The molecule has 138 valence electrons. The number of hydrogen-bond donors (Lipinski definition) is 1. The Balaban J connectivity index is 1.61. The fraction of sp³-hybridized carbons (Fsp3) is 0.571. The molecule has 2 aliphatic heterocycles. The molecular formula is C14H19N3O6S2. The molecule has 0 spiro atoms. The van der Waals surface area contributed by atoms with E-state index in [-0.39, 0.29) is 37.0 Å². The maximum atomic E-state index is 12.6.